The van der Waals surface area contributed by atoms with Crippen LogP contribution in [0.2, 0.25) is 5.02 Å². The van der Waals surface area contributed by atoms with E-state index < -0.39 is 23.3 Å². The molecule has 0 spiro atoms. The summed E-state index contributed by atoms with van der Waals surface area (Å²) in [5.74, 6) is -1.58. The zero-order valence-corrected chi connectivity index (χ0v) is 84.8. The summed E-state index contributed by atoms with van der Waals surface area (Å²) in [6, 6.07) is 39.5. The normalized spacial score (nSPS) is 17.1. The maximum absolute atomic E-state index is 14.5. The van der Waals surface area contributed by atoms with E-state index in [0.29, 0.717) is 108 Å². The highest BCUT2D eigenvalue weighted by Crippen LogP contribution is 2.34. The first-order valence-electron chi connectivity index (χ1n) is 49.7. The van der Waals surface area contributed by atoms with Gasteiger partial charge in [-0.05, 0) is 229 Å². The standard InChI is InChI=1S/C23H23ClN6O.C23H25FN6O.2C22H23FN6O.C20H18FN3O2/c1-15-11-29-12-16(9-19(24)23(29)25-15)20-10-22(31)30-14-18(4-5-21(30)26-20)28-8-7-27-6-2-3-17(27)13-28;1-15-12-29-13-16(10-19(24)23(29)25-15)20-11-22(31)30-14-18(4-5-21(30)26-20)28-8-6-17(7-9-28)27(2)3;2*1-14-10-28-12-16(8-18(23)22(28)24-14)19-9-21(30)29-13-17(4-5-20(29)25-19)27-7-6-26(3)15(2)11-27;1-26-18-4-2-14(10-16(18)21)15-3-5-19-23-17(11-20(25)24(19)12-15)13-6-8-22-9-7-13/h4-5,9-12,14,17H,2-3,6-8,13H2,1H3;4-5,10-14,17H,6-9H2,1-3H3;2*4-5,8-10,12-13,15H,6-7,11H2,1-3H3;2-6,10-12,22H,7-9H2,1H3/t17-;;2*15-;/m0.10./s1. The van der Waals surface area contributed by atoms with Crippen molar-refractivity contribution >= 4 is 90.7 Å². The van der Waals surface area contributed by atoms with Gasteiger partial charge in [0.15, 0.2) is 51.6 Å². The first kappa shape index (κ1) is 98.4. The number of likely N-dealkylation sites (N-methyl/N-ethyl adjacent to an activating group) is 2. The third-order valence-corrected chi connectivity index (χ3v) is 29.2. The van der Waals surface area contributed by atoms with E-state index in [1.807, 2.05) is 124 Å². The molecule has 18 aromatic heterocycles. The number of anilines is 4. The predicted octanol–water partition coefficient (Wildman–Crippen LogP) is 14.3. The topological polar surface area (TPSA) is 288 Å². The van der Waals surface area contributed by atoms with E-state index in [-0.39, 0.29) is 50.5 Å². The van der Waals surface area contributed by atoms with Crippen LogP contribution in [0.5, 0.6) is 5.75 Å². The van der Waals surface area contributed by atoms with E-state index in [1.54, 1.807) is 105 Å². The van der Waals surface area contributed by atoms with E-state index >= 15 is 0 Å². The number of halogens is 5. The second kappa shape index (κ2) is 41.0. The number of piperidine rings is 1. The van der Waals surface area contributed by atoms with Crippen LogP contribution in [0.25, 0.3) is 113 Å². The number of methoxy groups -OCH3 is 1. The summed E-state index contributed by atoms with van der Waals surface area (Å²) in [5, 5.41) is 3.78. The molecule has 6 aliphatic heterocycles. The lowest BCUT2D eigenvalue weighted by Crippen LogP contribution is -2.50. The molecule has 33 nitrogen and oxygen atoms in total. The van der Waals surface area contributed by atoms with Crippen LogP contribution in [0.3, 0.4) is 0 Å². The molecular formula is C110H112ClF4N27O6. The number of rotatable bonds is 12. The number of imidazole rings is 4. The average Bonchev–Trinajstić information content (AvgIpc) is 1.55. The molecule has 6 aliphatic rings. The number of aryl methyl sites for hydroxylation is 4. The van der Waals surface area contributed by atoms with Gasteiger partial charge in [0.2, 0.25) is 0 Å². The van der Waals surface area contributed by atoms with E-state index in [0.717, 1.165) is 172 Å². The van der Waals surface area contributed by atoms with E-state index in [2.05, 4.69) is 139 Å². The molecule has 5 saturated heterocycles. The maximum Gasteiger partial charge on any atom is 0.258 e. The average molecular weight is 2020 g/mol. The molecule has 38 heteroatoms. The van der Waals surface area contributed by atoms with Crippen molar-refractivity contribution in [3.05, 3.63) is 329 Å². The summed E-state index contributed by atoms with van der Waals surface area (Å²) in [6.45, 7) is 25.3. The van der Waals surface area contributed by atoms with Crippen molar-refractivity contribution in [2.24, 2.45) is 0 Å². The van der Waals surface area contributed by atoms with Gasteiger partial charge in [-0.2, -0.15) is 0 Å². The summed E-state index contributed by atoms with van der Waals surface area (Å²) in [7, 11) is 9.93. The van der Waals surface area contributed by atoms with Crippen LogP contribution < -0.4 is 57.4 Å². The first-order chi connectivity index (χ1) is 71.4. The minimum atomic E-state index is -0.442. The Morgan fingerprint density at radius 2 is 0.743 bits per heavy atom. The molecule has 758 valence electrons. The van der Waals surface area contributed by atoms with Gasteiger partial charge in [-0.1, -0.05) is 23.7 Å². The molecule has 0 bridgehead atoms. The van der Waals surface area contributed by atoms with E-state index in [1.165, 1.54) is 73.4 Å². The number of pyridine rings is 9. The lowest BCUT2D eigenvalue weighted by Gasteiger charge is -2.39. The molecule has 0 aliphatic carbocycles. The number of aromatic nitrogens is 18. The molecular weight excluding hydrogens is 1910 g/mol. The lowest BCUT2D eigenvalue weighted by atomic mass is 10.0. The fraction of sp³-hybridized carbons (Fsp3) is 0.309. The molecule has 24 heterocycles. The highest BCUT2D eigenvalue weighted by molar-refractivity contribution is 6.33. The Morgan fingerprint density at radius 1 is 0.372 bits per heavy atom. The number of ether oxygens (including phenoxy) is 1. The van der Waals surface area contributed by atoms with Crippen molar-refractivity contribution in [2.75, 3.05) is 147 Å². The Hall–Kier alpha value is -15.7. The molecule has 25 rings (SSSR count). The molecule has 0 radical (unpaired) electrons. The number of hydrogen-bond donors (Lipinski definition) is 1. The summed E-state index contributed by atoms with van der Waals surface area (Å²) < 4.78 is 76.9. The fourth-order valence-electron chi connectivity index (χ4n) is 20.6. The van der Waals surface area contributed by atoms with Crippen LogP contribution in [0, 0.1) is 51.0 Å². The summed E-state index contributed by atoms with van der Waals surface area (Å²) in [6.07, 6.45) is 31.1. The van der Waals surface area contributed by atoms with Gasteiger partial charge in [0.05, 0.1) is 86.1 Å². The highest BCUT2D eigenvalue weighted by atomic mass is 35.5. The Kier molecular flexibility index (Phi) is 27.2. The lowest BCUT2D eigenvalue weighted by molar-refractivity contribution is 0.231. The van der Waals surface area contributed by atoms with Gasteiger partial charge in [0, 0.05) is 236 Å². The minimum absolute atomic E-state index is 0.0978. The minimum Gasteiger partial charge on any atom is -0.494 e. The third-order valence-electron chi connectivity index (χ3n) is 29.0. The molecule has 19 aromatic rings. The van der Waals surface area contributed by atoms with Gasteiger partial charge >= 0.3 is 0 Å². The largest absolute Gasteiger partial charge is 0.494 e. The van der Waals surface area contributed by atoms with Crippen molar-refractivity contribution in [1.29, 1.82) is 0 Å². The van der Waals surface area contributed by atoms with Crippen LogP contribution in [-0.2, 0) is 0 Å². The Bertz CT molecular complexity index is 8550. The molecule has 0 amide bonds. The van der Waals surface area contributed by atoms with Crippen molar-refractivity contribution in [1.82, 2.24) is 109 Å². The second-order valence-corrected chi connectivity index (χ2v) is 39.7. The third kappa shape index (κ3) is 20.3. The van der Waals surface area contributed by atoms with Crippen LogP contribution in [0.4, 0.5) is 40.3 Å². The molecule has 3 atom stereocenters. The monoisotopic (exact) mass is 2020 g/mol. The quantitative estimate of drug-likeness (QED) is 0.111. The summed E-state index contributed by atoms with van der Waals surface area (Å²) in [5.41, 5.74) is 18.2. The van der Waals surface area contributed by atoms with Crippen LogP contribution in [0.1, 0.15) is 74.4 Å². The van der Waals surface area contributed by atoms with Crippen LogP contribution in [-0.4, -0.2) is 255 Å². The molecule has 0 unspecified atom stereocenters. The zero-order valence-electron chi connectivity index (χ0n) is 84.0. The van der Waals surface area contributed by atoms with Crippen LogP contribution >= 0.6 is 11.6 Å². The molecule has 0 saturated carbocycles. The second-order valence-electron chi connectivity index (χ2n) is 39.3. The zero-order chi connectivity index (χ0) is 103. The number of piperazine rings is 3. The summed E-state index contributed by atoms with van der Waals surface area (Å²) >= 11 is 6.43. The van der Waals surface area contributed by atoms with Gasteiger partial charge in [-0.25, -0.2) is 62.4 Å². The first-order valence-corrected chi connectivity index (χ1v) is 50.1. The van der Waals surface area contributed by atoms with Gasteiger partial charge < -0.3 is 62.0 Å². The van der Waals surface area contributed by atoms with Crippen molar-refractivity contribution in [2.45, 2.75) is 97.8 Å². The van der Waals surface area contributed by atoms with E-state index in [4.69, 9.17) is 21.3 Å². The van der Waals surface area contributed by atoms with Crippen LogP contribution in [0.15, 0.2) is 244 Å². The smallest absolute Gasteiger partial charge is 0.258 e. The van der Waals surface area contributed by atoms with Crippen molar-refractivity contribution in [3.8, 4) is 61.9 Å². The van der Waals surface area contributed by atoms with Crippen molar-refractivity contribution < 1.29 is 22.3 Å². The highest BCUT2D eigenvalue weighted by Gasteiger charge is 2.33. The number of nitrogens with zero attached hydrogens (tertiary/aromatic N) is 26. The Balaban J connectivity index is 0.000000108. The number of fused-ring (bicyclic) bond motifs is 10. The number of hydrogen-bond acceptors (Lipinski definition) is 24. The SMILES string of the molecule is COc1ccc(-c2ccc3nc(C4=CCNCC4)cc(=O)n3c2)cc1F.Cc1cn2cc(-c3cc(=O)n4cc(N5CCC(N(C)C)CC5)ccc4n3)cc(F)c2n1.Cc1cn2cc(-c3cc(=O)n4cc(N5CCN(C)[C@@H](C)C5)ccc4n3)cc(F)c2n1.Cc1cn2cc(-c3cc(=O)n4cc(N5CCN(C)[C@H](C)C5)ccc4n3)cc(F)c2n1.Cc1cn2cc(-c3cc(=O)n4cc(N5CCN6CCC[C@H]6C5)ccc4n3)cc(Cl)c2n1. The number of nitrogens with one attached hydrogen (secondary N) is 1. The van der Waals surface area contributed by atoms with E-state index in [9.17, 15) is 41.5 Å². The Labute approximate surface area is 852 Å². The fourth-order valence-corrected chi connectivity index (χ4v) is 20.8. The Morgan fingerprint density at radius 3 is 1.16 bits per heavy atom. The summed E-state index contributed by atoms with van der Waals surface area (Å²) in [4.78, 5) is 123. The van der Waals surface area contributed by atoms with Gasteiger partial charge in [-0.3, -0.25) is 50.9 Å². The molecule has 148 heavy (non-hydrogen) atoms. The van der Waals surface area contributed by atoms with Gasteiger partial charge in [0.1, 0.15) is 28.2 Å². The molecule has 5 fully saturated rings. The molecule has 1 aromatic carbocycles. The van der Waals surface area contributed by atoms with Crippen molar-refractivity contribution in [3.63, 3.8) is 0 Å². The maximum atomic E-state index is 14.5. The van der Waals surface area contributed by atoms with Gasteiger partial charge in [0.25, 0.3) is 27.8 Å². The molecule has 1 N–H and O–H groups in total. The van der Waals surface area contributed by atoms with Gasteiger partial charge in [-0.15, -0.1) is 0 Å². The predicted molar refractivity (Wildman–Crippen MR) is 570 cm³/mol. The number of benzene rings is 1.